The van der Waals surface area contributed by atoms with Crippen LogP contribution in [0.4, 0.5) is 0 Å². The largest absolute Gasteiger partial charge is 0.343 e. The lowest BCUT2D eigenvalue weighted by Gasteiger charge is -2.31. The number of likely N-dealkylation sites (tertiary alicyclic amines) is 1. The molecule has 0 saturated carbocycles. The van der Waals surface area contributed by atoms with Gasteiger partial charge >= 0.3 is 0 Å². The van der Waals surface area contributed by atoms with Crippen LogP contribution in [0.1, 0.15) is 57.0 Å². The van der Waals surface area contributed by atoms with Gasteiger partial charge in [0.15, 0.2) is 0 Å². The molecule has 4 heteroatoms. The normalized spacial score (nSPS) is 17.5. The predicted octanol–water partition coefficient (Wildman–Crippen LogP) is 2.50. The summed E-state index contributed by atoms with van der Waals surface area (Å²) >= 11 is 0. The SMILES string of the molecule is CC(=O)N1CCC(c2cc(C)nn2C(C)C)CC1. The minimum Gasteiger partial charge on any atom is -0.343 e. The molecule has 0 unspecified atom stereocenters. The molecule has 2 rings (SSSR count). The van der Waals surface area contributed by atoms with Crippen LogP contribution in [0.25, 0.3) is 0 Å². The fourth-order valence-electron chi connectivity index (χ4n) is 2.75. The summed E-state index contributed by atoms with van der Waals surface area (Å²) < 4.78 is 2.14. The van der Waals surface area contributed by atoms with Gasteiger partial charge in [-0.3, -0.25) is 9.48 Å². The molecule has 1 aliphatic heterocycles. The highest BCUT2D eigenvalue weighted by Gasteiger charge is 2.25. The molecule has 0 aromatic carbocycles. The number of carbonyl (C=O) groups is 1. The van der Waals surface area contributed by atoms with E-state index < -0.39 is 0 Å². The zero-order valence-corrected chi connectivity index (χ0v) is 11.8. The molecule has 1 aliphatic rings. The molecule has 0 N–H and O–H groups in total. The number of aromatic nitrogens is 2. The van der Waals surface area contributed by atoms with Crippen molar-refractivity contribution >= 4 is 5.91 Å². The minimum atomic E-state index is 0.196. The van der Waals surface area contributed by atoms with E-state index in [1.807, 2.05) is 11.8 Å². The third kappa shape index (κ3) is 2.57. The van der Waals surface area contributed by atoms with Gasteiger partial charge in [0, 0.05) is 37.7 Å². The van der Waals surface area contributed by atoms with E-state index in [0.29, 0.717) is 12.0 Å². The van der Waals surface area contributed by atoms with E-state index in [1.54, 1.807) is 6.92 Å². The summed E-state index contributed by atoms with van der Waals surface area (Å²) in [7, 11) is 0. The van der Waals surface area contributed by atoms with Gasteiger partial charge in [-0.25, -0.2) is 0 Å². The summed E-state index contributed by atoms with van der Waals surface area (Å²) in [6.45, 7) is 9.79. The molecule has 0 spiro atoms. The Morgan fingerprint density at radius 2 is 2.00 bits per heavy atom. The van der Waals surface area contributed by atoms with Crippen LogP contribution in [0, 0.1) is 6.92 Å². The van der Waals surface area contributed by atoms with Crippen LogP contribution in [0.5, 0.6) is 0 Å². The van der Waals surface area contributed by atoms with Gasteiger partial charge in [0.1, 0.15) is 0 Å². The number of nitrogens with zero attached hydrogens (tertiary/aromatic N) is 3. The third-order valence-electron chi connectivity index (χ3n) is 3.73. The smallest absolute Gasteiger partial charge is 0.219 e. The maximum atomic E-state index is 11.3. The fraction of sp³-hybridized carbons (Fsp3) is 0.714. The van der Waals surface area contributed by atoms with Crippen LogP contribution in [-0.2, 0) is 4.79 Å². The van der Waals surface area contributed by atoms with Crippen molar-refractivity contribution in [2.75, 3.05) is 13.1 Å². The number of carbonyl (C=O) groups excluding carboxylic acids is 1. The van der Waals surface area contributed by atoms with Crippen molar-refractivity contribution in [2.45, 2.75) is 52.5 Å². The Kier molecular flexibility index (Phi) is 3.73. The topological polar surface area (TPSA) is 38.1 Å². The van der Waals surface area contributed by atoms with Crippen LogP contribution < -0.4 is 0 Å². The maximum Gasteiger partial charge on any atom is 0.219 e. The van der Waals surface area contributed by atoms with E-state index in [0.717, 1.165) is 31.6 Å². The number of rotatable bonds is 2. The second-order valence-corrected chi connectivity index (χ2v) is 5.53. The number of hydrogen-bond donors (Lipinski definition) is 0. The molecule has 0 bridgehead atoms. The molecule has 2 heterocycles. The summed E-state index contributed by atoms with van der Waals surface area (Å²) in [6.07, 6.45) is 2.11. The predicted molar refractivity (Wildman–Crippen MR) is 71.6 cm³/mol. The molecule has 18 heavy (non-hydrogen) atoms. The molecule has 0 radical (unpaired) electrons. The van der Waals surface area contributed by atoms with Crippen LogP contribution in [-0.4, -0.2) is 33.7 Å². The highest BCUT2D eigenvalue weighted by atomic mass is 16.2. The number of aryl methyl sites for hydroxylation is 1. The Morgan fingerprint density at radius 3 is 2.50 bits per heavy atom. The Labute approximate surface area is 109 Å². The summed E-state index contributed by atoms with van der Waals surface area (Å²) in [5.74, 6) is 0.742. The molecule has 1 amide bonds. The van der Waals surface area contributed by atoms with Crippen molar-refractivity contribution in [3.05, 3.63) is 17.5 Å². The van der Waals surface area contributed by atoms with Crippen LogP contribution in [0.2, 0.25) is 0 Å². The highest BCUT2D eigenvalue weighted by Crippen LogP contribution is 2.30. The highest BCUT2D eigenvalue weighted by molar-refractivity contribution is 5.73. The Morgan fingerprint density at radius 1 is 1.39 bits per heavy atom. The van der Waals surface area contributed by atoms with Gasteiger partial charge in [-0.2, -0.15) is 5.10 Å². The summed E-state index contributed by atoms with van der Waals surface area (Å²) in [6, 6.07) is 2.60. The molecular formula is C14H23N3O. The van der Waals surface area contributed by atoms with Crippen molar-refractivity contribution in [2.24, 2.45) is 0 Å². The Bertz CT molecular complexity index is 428. The zero-order chi connectivity index (χ0) is 13.3. The second kappa shape index (κ2) is 5.12. The first kappa shape index (κ1) is 13.1. The quantitative estimate of drug-likeness (QED) is 0.807. The van der Waals surface area contributed by atoms with Crippen molar-refractivity contribution in [1.82, 2.24) is 14.7 Å². The van der Waals surface area contributed by atoms with Crippen LogP contribution >= 0.6 is 0 Å². The molecule has 1 saturated heterocycles. The number of hydrogen-bond acceptors (Lipinski definition) is 2. The molecular weight excluding hydrogens is 226 g/mol. The van der Waals surface area contributed by atoms with E-state index in [1.165, 1.54) is 5.69 Å². The average molecular weight is 249 g/mol. The van der Waals surface area contributed by atoms with Gasteiger partial charge in [0.25, 0.3) is 0 Å². The lowest BCUT2D eigenvalue weighted by Crippen LogP contribution is -2.36. The number of amides is 1. The Hall–Kier alpha value is -1.32. The molecule has 0 aliphatic carbocycles. The van der Waals surface area contributed by atoms with Gasteiger partial charge < -0.3 is 4.90 Å². The first-order valence-corrected chi connectivity index (χ1v) is 6.80. The lowest BCUT2D eigenvalue weighted by atomic mass is 9.93. The summed E-state index contributed by atoms with van der Waals surface area (Å²) in [4.78, 5) is 13.3. The van der Waals surface area contributed by atoms with Gasteiger partial charge in [-0.15, -0.1) is 0 Å². The first-order chi connectivity index (χ1) is 8.49. The van der Waals surface area contributed by atoms with E-state index in [9.17, 15) is 4.79 Å². The standard InChI is InChI=1S/C14H23N3O/c1-10(2)17-14(9-11(3)15-17)13-5-7-16(8-6-13)12(4)18/h9-10,13H,5-8H2,1-4H3. The van der Waals surface area contributed by atoms with Gasteiger partial charge in [-0.05, 0) is 39.7 Å². The molecule has 0 atom stereocenters. The van der Waals surface area contributed by atoms with Crippen LogP contribution in [0.3, 0.4) is 0 Å². The molecule has 1 aromatic heterocycles. The van der Waals surface area contributed by atoms with Gasteiger partial charge in [0.2, 0.25) is 5.91 Å². The fourth-order valence-corrected chi connectivity index (χ4v) is 2.75. The average Bonchev–Trinajstić information content (AvgIpc) is 2.71. The van der Waals surface area contributed by atoms with Gasteiger partial charge in [0.05, 0.1) is 5.69 Å². The van der Waals surface area contributed by atoms with Gasteiger partial charge in [-0.1, -0.05) is 0 Å². The van der Waals surface area contributed by atoms with E-state index in [2.05, 4.69) is 29.7 Å². The molecule has 4 nitrogen and oxygen atoms in total. The van der Waals surface area contributed by atoms with Crippen molar-refractivity contribution in [3.63, 3.8) is 0 Å². The summed E-state index contributed by atoms with van der Waals surface area (Å²) in [5, 5.41) is 4.58. The molecule has 1 fully saturated rings. The Balaban J connectivity index is 2.12. The first-order valence-electron chi connectivity index (χ1n) is 6.80. The van der Waals surface area contributed by atoms with Crippen molar-refractivity contribution < 1.29 is 4.79 Å². The maximum absolute atomic E-state index is 11.3. The van der Waals surface area contributed by atoms with Crippen molar-refractivity contribution in [3.8, 4) is 0 Å². The molecule has 100 valence electrons. The van der Waals surface area contributed by atoms with Crippen LogP contribution in [0.15, 0.2) is 6.07 Å². The second-order valence-electron chi connectivity index (χ2n) is 5.53. The van der Waals surface area contributed by atoms with E-state index in [4.69, 9.17) is 0 Å². The van der Waals surface area contributed by atoms with Crippen molar-refractivity contribution in [1.29, 1.82) is 0 Å². The minimum absolute atomic E-state index is 0.196. The monoisotopic (exact) mass is 249 g/mol. The molecule has 1 aromatic rings. The lowest BCUT2D eigenvalue weighted by molar-refractivity contribution is -0.129. The van der Waals surface area contributed by atoms with E-state index >= 15 is 0 Å². The number of piperidine rings is 1. The summed E-state index contributed by atoms with van der Waals surface area (Å²) in [5.41, 5.74) is 2.43. The third-order valence-corrected chi connectivity index (χ3v) is 3.73. The zero-order valence-electron chi connectivity index (χ0n) is 11.8. The van der Waals surface area contributed by atoms with E-state index in [-0.39, 0.29) is 5.91 Å².